The molecule has 11 atom stereocenters. The van der Waals surface area contributed by atoms with Gasteiger partial charge in [0.15, 0.2) is 0 Å². The maximum atomic E-state index is 11.7. The number of aliphatic hydroxyl groups is 3. The Morgan fingerprint density at radius 1 is 0.931 bits per heavy atom. The van der Waals surface area contributed by atoms with Crippen LogP contribution in [0.15, 0.2) is 0 Å². The standard InChI is InChI=1S/C26H46O3/c1-5-18-22-15-17(28)10-12-26(22,4)21-11-13-25(3)19(16(2)7-6-14-27)8-9-20(25)23(21)24(18)29/h16-24,27-29H,5-15H2,1-4H3/t16-,17-,18+,19-,20+,21+,22+,23?,24+,25-,26-/m1/s1. The van der Waals surface area contributed by atoms with E-state index in [0.29, 0.717) is 52.9 Å². The Labute approximate surface area is 178 Å². The molecule has 0 radical (unpaired) electrons. The number of hydrogen-bond donors (Lipinski definition) is 3. The average molecular weight is 407 g/mol. The van der Waals surface area contributed by atoms with Crippen LogP contribution in [0.3, 0.4) is 0 Å². The first kappa shape index (κ1) is 22.1. The van der Waals surface area contributed by atoms with Gasteiger partial charge in [0, 0.05) is 6.61 Å². The van der Waals surface area contributed by atoms with Crippen molar-refractivity contribution in [1.29, 1.82) is 0 Å². The van der Waals surface area contributed by atoms with Gasteiger partial charge in [-0.1, -0.05) is 34.1 Å². The summed E-state index contributed by atoms with van der Waals surface area (Å²) in [7, 11) is 0. The molecule has 0 aromatic rings. The minimum absolute atomic E-state index is 0.164. The minimum atomic E-state index is -0.190. The monoisotopic (exact) mass is 406 g/mol. The number of fused-ring (bicyclic) bond motifs is 5. The van der Waals surface area contributed by atoms with E-state index < -0.39 is 0 Å². The topological polar surface area (TPSA) is 60.7 Å². The molecule has 29 heavy (non-hydrogen) atoms. The maximum absolute atomic E-state index is 11.7. The fourth-order valence-electron chi connectivity index (χ4n) is 9.55. The lowest BCUT2D eigenvalue weighted by atomic mass is 9.41. The second kappa shape index (κ2) is 8.10. The molecule has 0 aromatic carbocycles. The van der Waals surface area contributed by atoms with E-state index >= 15 is 0 Å². The summed E-state index contributed by atoms with van der Waals surface area (Å²) in [5.41, 5.74) is 0.651. The van der Waals surface area contributed by atoms with Crippen LogP contribution in [0.5, 0.6) is 0 Å². The van der Waals surface area contributed by atoms with Crippen LogP contribution >= 0.6 is 0 Å². The zero-order valence-electron chi connectivity index (χ0n) is 19.3. The average Bonchev–Trinajstić information content (AvgIpc) is 3.05. The van der Waals surface area contributed by atoms with E-state index in [1.807, 2.05) is 0 Å². The number of hydrogen-bond acceptors (Lipinski definition) is 3. The van der Waals surface area contributed by atoms with Gasteiger partial charge in [-0.15, -0.1) is 0 Å². The van der Waals surface area contributed by atoms with Crippen LogP contribution in [0.25, 0.3) is 0 Å². The highest BCUT2D eigenvalue weighted by molar-refractivity contribution is 5.13. The van der Waals surface area contributed by atoms with Crippen LogP contribution in [-0.2, 0) is 0 Å². The summed E-state index contributed by atoms with van der Waals surface area (Å²) in [5.74, 6) is 3.97. The van der Waals surface area contributed by atoms with Gasteiger partial charge in [-0.05, 0) is 110 Å². The van der Waals surface area contributed by atoms with Crippen LogP contribution < -0.4 is 0 Å². The molecular weight excluding hydrogens is 360 g/mol. The summed E-state index contributed by atoms with van der Waals surface area (Å²) in [6, 6.07) is 0. The first-order valence-corrected chi connectivity index (χ1v) is 12.7. The molecule has 1 unspecified atom stereocenters. The third-order valence-electron chi connectivity index (χ3n) is 11.0. The van der Waals surface area contributed by atoms with Crippen molar-refractivity contribution in [2.45, 2.75) is 104 Å². The summed E-state index contributed by atoms with van der Waals surface area (Å²) in [6.07, 6.45) is 10.9. The Balaban J connectivity index is 1.63. The first-order chi connectivity index (χ1) is 13.8. The normalized spacial score (nSPS) is 53.1. The van der Waals surface area contributed by atoms with Gasteiger partial charge in [0.1, 0.15) is 0 Å². The molecule has 3 nitrogen and oxygen atoms in total. The molecule has 3 heteroatoms. The number of aliphatic hydroxyl groups excluding tert-OH is 3. The molecule has 0 saturated heterocycles. The highest BCUT2D eigenvalue weighted by atomic mass is 16.3. The van der Waals surface area contributed by atoms with E-state index in [1.165, 1.54) is 25.7 Å². The predicted molar refractivity (Wildman–Crippen MR) is 117 cm³/mol. The Bertz CT molecular complexity index is 578. The molecule has 0 bridgehead atoms. The molecule has 0 aromatic heterocycles. The van der Waals surface area contributed by atoms with Gasteiger partial charge in [-0.2, -0.15) is 0 Å². The van der Waals surface area contributed by atoms with Crippen molar-refractivity contribution in [1.82, 2.24) is 0 Å². The zero-order valence-corrected chi connectivity index (χ0v) is 19.3. The molecule has 3 N–H and O–H groups in total. The third-order valence-corrected chi connectivity index (χ3v) is 11.0. The second-order valence-electron chi connectivity index (χ2n) is 12.0. The van der Waals surface area contributed by atoms with Crippen molar-refractivity contribution in [3.63, 3.8) is 0 Å². The fourth-order valence-corrected chi connectivity index (χ4v) is 9.55. The van der Waals surface area contributed by atoms with E-state index in [9.17, 15) is 15.3 Å². The predicted octanol–water partition coefficient (Wildman–Crippen LogP) is 5.02. The molecule has 4 fully saturated rings. The van der Waals surface area contributed by atoms with Gasteiger partial charge in [-0.3, -0.25) is 0 Å². The SMILES string of the molecule is CC[C@@H]1[C@H](O)C2[C@@H]3CC[C@H]([C@H](C)CCCO)[C@@]3(C)CC[C@@H]2[C@@]2(C)CC[C@@H](O)C[C@@H]12. The van der Waals surface area contributed by atoms with Crippen LogP contribution in [0.1, 0.15) is 91.9 Å². The summed E-state index contributed by atoms with van der Waals surface area (Å²) in [4.78, 5) is 0. The molecule has 0 heterocycles. The highest BCUT2D eigenvalue weighted by Gasteiger charge is 2.64. The largest absolute Gasteiger partial charge is 0.396 e. The molecule has 4 saturated carbocycles. The molecule has 0 aliphatic heterocycles. The minimum Gasteiger partial charge on any atom is -0.396 e. The van der Waals surface area contributed by atoms with E-state index in [2.05, 4.69) is 27.7 Å². The van der Waals surface area contributed by atoms with Crippen molar-refractivity contribution < 1.29 is 15.3 Å². The van der Waals surface area contributed by atoms with Crippen LogP contribution in [0.4, 0.5) is 0 Å². The molecule has 0 amide bonds. The van der Waals surface area contributed by atoms with E-state index in [1.54, 1.807) is 0 Å². The molecule has 4 rings (SSSR count). The van der Waals surface area contributed by atoms with Crippen molar-refractivity contribution in [2.75, 3.05) is 6.61 Å². The molecular formula is C26H46O3. The first-order valence-electron chi connectivity index (χ1n) is 12.7. The van der Waals surface area contributed by atoms with Gasteiger partial charge >= 0.3 is 0 Å². The van der Waals surface area contributed by atoms with Gasteiger partial charge in [0.2, 0.25) is 0 Å². The lowest BCUT2D eigenvalue weighted by Crippen LogP contribution is -2.62. The van der Waals surface area contributed by atoms with E-state index in [0.717, 1.165) is 44.4 Å². The quantitative estimate of drug-likeness (QED) is 0.601. The Kier molecular flexibility index (Phi) is 6.17. The Hall–Kier alpha value is -0.120. The van der Waals surface area contributed by atoms with Crippen LogP contribution in [0, 0.1) is 52.3 Å². The Morgan fingerprint density at radius 3 is 2.31 bits per heavy atom. The lowest BCUT2D eigenvalue weighted by molar-refractivity contribution is -0.203. The van der Waals surface area contributed by atoms with Crippen molar-refractivity contribution in [3.8, 4) is 0 Å². The molecule has 4 aliphatic carbocycles. The lowest BCUT2D eigenvalue weighted by Gasteiger charge is -2.64. The van der Waals surface area contributed by atoms with Gasteiger partial charge in [-0.25, -0.2) is 0 Å². The molecule has 168 valence electrons. The number of rotatable bonds is 5. The van der Waals surface area contributed by atoms with E-state index in [4.69, 9.17) is 0 Å². The van der Waals surface area contributed by atoms with Gasteiger partial charge in [0.05, 0.1) is 12.2 Å². The second-order valence-corrected chi connectivity index (χ2v) is 12.0. The summed E-state index contributed by atoms with van der Waals surface area (Å²) in [6.45, 7) is 10.0. The van der Waals surface area contributed by atoms with Crippen molar-refractivity contribution >= 4 is 0 Å². The Morgan fingerprint density at radius 2 is 1.62 bits per heavy atom. The molecule has 0 spiro atoms. The fraction of sp³-hybridized carbons (Fsp3) is 1.00. The van der Waals surface area contributed by atoms with Crippen LogP contribution in [-0.4, -0.2) is 34.1 Å². The molecule has 4 aliphatic rings. The summed E-state index contributed by atoms with van der Waals surface area (Å²) < 4.78 is 0. The maximum Gasteiger partial charge on any atom is 0.0605 e. The van der Waals surface area contributed by atoms with Crippen molar-refractivity contribution in [3.05, 3.63) is 0 Å². The zero-order chi connectivity index (χ0) is 21.0. The summed E-state index contributed by atoms with van der Waals surface area (Å²) >= 11 is 0. The highest BCUT2D eigenvalue weighted by Crippen LogP contribution is 2.69. The summed E-state index contributed by atoms with van der Waals surface area (Å²) in [5, 5.41) is 31.4. The smallest absolute Gasteiger partial charge is 0.0605 e. The van der Waals surface area contributed by atoms with Crippen molar-refractivity contribution in [2.24, 2.45) is 52.3 Å². The van der Waals surface area contributed by atoms with E-state index in [-0.39, 0.29) is 12.2 Å². The van der Waals surface area contributed by atoms with Crippen LogP contribution in [0.2, 0.25) is 0 Å². The van der Waals surface area contributed by atoms with Gasteiger partial charge < -0.3 is 15.3 Å². The third kappa shape index (κ3) is 3.33. The van der Waals surface area contributed by atoms with Gasteiger partial charge in [0.25, 0.3) is 0 Å².